The average molecular weight is 417 g/mol. The van der Waals surface area contributed by atoms with E-state index in [1.807, 2.05) is 30.0 Å². The number of hydrogen-bond donors (Lipinski definition) is 4. The van der Waals surface area contributed by atoms with Crippen LogP contribution in [-0.2, 0) is 17.6 Å². The van der Waals surface area contributed by atoms with E-state index in [4.69, 9.17) is 4.74 Å². The zero-order chi connectivity index (χ0) is 20.5. The number of thioether (sulfide) groups is 1. The van der Waals surface area contributed by atoms with E-state index < -0.39 is 37.1 Å². The van der Waals surface area contributed by atoms with Gasteiger partial charge < -0.3 is 25.2 Å². The fourth-order valence-corrected chi connectivity index (χ4v) is 5.39. The molecule has 0 unspecified atom stereocenters. The van der Waals surface area contributed by atoms with Crippen molar-refractivity contribution in [3.8, 4) is 0 Å². The molecule has 0 amide bonds. The number of aliphatic hydroxyl groups excluding tert-OH is 4. The molecule has 0 aliphatic carbocycles. The van der Waals surface area contributed by atoms with Gasteiger partial charge in [0.2, 0.25) is 0 Å². The first kappa shape index (κ1) is 20.8. The van der Waals surface area contributed by atoms with Crippen molar-refractivity contribution < 1.29 is 25.2 Å². The second-order valence-corrected chi connectivity index (χ2v) is 8.99. The fourth-order valence-electron chi connectivity index (χ4n) is 4.21. The summed E-state index contributed by atoms with van der Waals surface area (Å²) < 4.78 is 5.73. The van der Waals surface area contributed by atoms with Crippen molar-refractivity contribution in [3.63, 3.8) is 0 Å². The number of hydrogen-bond acceptors (Lipinski definition) is 6. The normalized spacial score (nSPS) is 32.0. The van der Waals surface area contributed by atoms with Crippen molar-refractivity contribution in [3.05, 3.63) is 64.7 Å². The van der Waals surface area contributed by atoms with E-state index in [2.05, 4.69) is 31.2 Å². The summed E-state index contributed by atoms with van der Waals surface area (Å²) in [5.41, 5.74) is 4.62. The summed E-state index contributed by atoms with van der Waals surface area (Å²) >= 11 is 1.83. The molecule has 0 spiro atoms. The van der Waals surface area contributed by atoms with E-state index in [1.54, 1.807) is 0 Å². The molecule has 2 aliphatic heterocycles. The molecule has 4 N–H and O–H groups in total. The number of ether oxygens (including phenoxy) is 1. The van der Waals surface area contributed by atoms with Crippen LogP contribution in [0, 0.1) is 0 Å². The van der Waals surface area contributed by atoms with Gasteiger partial charge >= 0.3 is 0 Å². The zero-order valence-corrected chi connectivity index (χ0v) is 17.3. The van der Waals surface area contributed by atoms with Gasteiger partial charge in [0.05, 0.1) is 6.61 Å². The average Bonchev–Trinajstić information content (AvgIpc) is 2.77. The number of aryl methyl sites for hydroxylation is 1. The summed E-state index contributed by atoms with van der Waals surface area (Å²) in [5, 5.41) is 40.0. The van der Waals surface area contributed by atoms with Crippen molar-refractivity contribution in [1.29, 1.82) is 0 Å². The number of benzene rings is 2. The molecule has 6 atom stereocenters. The van der Waals surface area contributed by atoms with Crippen LogP contribution in [0.25, 0.3) is 0 Å². The van der Waals surface area contributed by atoms with E-state index in [0.29, 0.717) is 5.92 Å². The molecule has 156 valence electrons. The highest BCUT2D eigenvalue weighted by molar-refractivity contribution is 7.99. The van der Waals surface area contributed by atoms with Gasteiger partial charge in [0.15, 0.2) is 0 Å². The highest BCUT2D eigenvalue weighted by Gasteiger charge is 2.44. The molecular weight excluding hydrogens is 388 g/mol. The van der Waals surface area contributed by atoms with Crippen LogP contribution < -0.4 is 0 Å². The van der Waals surface area contributed by atoms with Gasteiger partial charge in [-0.25, -0.2) is 0 Å². The lowest BCUT2D eigenvalue weighted by atomic mass is 9.88. The summed E-state index contributed by atoms with van der Waals surface area (Å²) in [4.78, 5) is 1.22. The highest BCUT2D eigenvalue weighted by Crippen LogP contribution is 2.40. The van der Waals surface area contributed by atoms with Crippen LogP contribution in [0.1, 0.15) is 41.2 Å². The lowest BCUT2D eigenvalue weighted by Crippen LogP contribution is -2.55. The topological polar surface area (TPSA) is 90.2 Å². The molecule has 2 aromatic rings. The molecule has 1 saturated heterocycles. The molecule has 0 bridgehead atoms. The lowest BCUT2D eigenvalue weighted by Gasteiger charge is -2.40. The molecule has 2 aliphatic rings. The lowest BCUT2D eigenvalue weighted by molar-refractivity contribution is -0.231. The second-order valence-electron chi connectivity index (χ2n) is 7.92. The van der Waals surface area contributed by atoms with Crippen LogP contribution in [0.15, 0.2) is 47.4 Å². The third-order valence-electron chi connectivity index (χ3n) is 6.07. The summed E-state index contributed by atoms with van der Waals surface area (Å²) in [7, 11) is 0. The summed E-state index contributed by atoms with van der Waals surface area (Å²) in [6.07, 6.45) is -3.70. The van der Waals surface area contributed by atoms with E-state index in [-0.39, 0.29) is 0 Å². The maximum atomic E-state index is 10.4. The Morgan fingerprint density at radius 3 is 2.38 bits per heavy atom. The minimum atomic E-state index is -1.36. The predicted molar refractivity (Wildman–Crippen MR) is 112 cm³/mol. The Bertz CT molecular complexity index is 838. The standard InChI is InChI=1S/C23H28O5S/c1-2-13-3-5-14(6-4-13)17-10-16-9-15(7-8-19(16)29-12-17)23-22(27)21(26)20(25)18(11-24)28-23/h3-9,17-18,20-27H,2,10-12H2,1H3/t17-,18+,20+,21-,22+,23-/m0/s1. The first-order chi connectivity index (χ1) is 14.0. The highest BCUT2D eigenvalue weighted by atomic mass is 32.2. The Kier molecular flexibility index (Phi) is 6.30. The van der Waals surface area contributed by atoms with Gasteiger partial charge in [-0.15, -0.1) is 11.8 Å². The van der Waals surface area contributed by atoms with Gasteiger partial charge in [0, 0.05) is 10.6 Å². The summed E-state index contributed by atoms with van der Waals surface area (Å²) in [5.74, 6) is 1.45. The van der Waals surface area contributed by atoms with Gasteiger partial charge in [0.1, 0.15) is 30.5 Å². The quantitative estimate of drug-likeness (QED) is 0.611. The Hall–Kier alpha value is -1.41. The van der Waals surface area contributed by atoms with Crippen molar-refractivity contribution in [2.24, 2.45) is 0 Å². The van der Waals surface area contributed by atoms with E-state index in [9.17, 15) is 20.4 Å². The van der Waals surface area contributed by atoms with E-state index in [0.717, 1.165) is 24.2 Å². The maximum Gasteiger partial charge on any atom is 0.113 e. The van der Waals surface area contributed by atoms with E-state index >= 15 is 0 Å². The molecule has 0 radical (unpaired) electrons. The largest absolute Gasteiger partial charge is 0.394 e. The number of fused-ring (bicyclic) bond motifs is 1. The second kappa shape index (κ2) is 8.76. The number of rotatable bonds is 4. The predicted octanol–water partition coefficient (Wildman–Crippen LogP) is 2.20. The molecule has 2 heterocycles. The maximum absolute atomic E-state index is 10.4. The van der Waals surface area contributed by atoms with Crippen molar-refractivity contribution in [2.45, 2.75) is 61.1 Å². The molecule has 0 saturated carbocycles. The van der Waals surface area contributed by atoms with Crippen LogP contribution in [0.2, 0.25) is 0 Å². The minimum Gasteiger partial charge on any atom is -0.394 e. The molecule has 2 aromatic carbocycles. The third-order valence-corrected chi connectivity index (χ3v) is 7.35. The summed E-state index contributed by atoms with van der Waals surface area (Å²) in [6.45, 7) is 1.74. The SMILES string of the molecule is CCc1ccc([C@@H]2CSc3ccc([C@@H]4O[C@H](CO)[C@@H](O)[C@H](O)[C@H]4O)cc3C2)cc1. The van der Waals surface area contributed by atoms with Crippen molar-refractivity contribution in [1.82, 2.24) is 0 Å². The first-order valence-corrected chi connectivity index (χ1v) is 11.1. The Balaban J connectivity index is 1.57. The Morgan fingerprint density at radius 2 is 1.69 bits per heavy atom. The molecule has 5 nitrogen and oxygen atoms in total. The minimum absolute atomic E-state index is 0.419. The van der Waals surface area contributed by atoms with Gasteiger partial charge in [-0.2, -0.15) is 0 Å². The van der Waals surface area contributed by atoms with Gasteiger partial charge in [-0.1, -0.05) is 43.3 Å². The Labute approximate surface area is 175 Å². The van der Waals surface area contributed by atoms with Gasteiger partial charge in [-0.3, -0.25) is 0 Å². The zero-order valence-electron chi connectivity index (χ0n) is 16.4. The van der Waals surface area contributed by atoms with Crippen LogP contribution in [-0.4, -0.2) is 57.2 Å². The van der Waals surface area contributed by atoms with Crippen LogP contribution in [0.3, 0.4) is 0 Å². The Morgan fingerprint density at radius 1 is 0.966 bits per heavy atom. The first-order valence-electron chi connectivity index (χ1n) is 10.2. The van der Waals surface area contributed by atoms with Crippen molar-refractivity contribution >= 4 is 11.8 Å². The van der Waals surface area contributed by atoms with Crippen molar-refractivity contribution in [2.75, 3.05) is 12.4 Å². The molecular formula is C23H28O5S. The molecule has 0 aromatic heterocycles. The number of aliphatic hydroxyl groups is 4. The smallest absolute Gasteiger partial charge is 0.113 e. The third kappa shape index (κ3) is 4.10. The molecule has 4 rings (SSSR count). The van der Waals surface area contributed by atoms with Crippen LogP contribution >= 0.6 is 11.8 Å². The van der Waals surface area contributed by atoms with Crippen LogP contribution in [0.5, 0.6) is 0 Å². The molecule has 29 heavy (non-hydrogen) atoms. The van der Waals surface area contributed by atoms with Gasteiger partial charge in [-0.05, 0) is 47.1 Å². The summed E-state index contributed by atoms with van der Waals surface area (Å²) in [6, 6.07) is 14.8. The monoisotopic (exact) mass is 416 g/mol. The molecule has 6 heteroatoms. The van der Waals surface area contributed by atoms with Gasteiger partial charge in [0.25, 0.3) is 0 Å². The van der Waals surface area contributed by atoms with Crippen LogP contribution in [0.4, 0.5) is 0 Å². The fraction of sp³-hybridized carbons (Fsp3) is 0.478. The van der Waals surface area contributed by atoms with E-state index in [1.165, 1.54) is 21.6 Å². The molecule has 1 fully saturated rings.